The van der Waals surface area contributed by atoms with Crippen LogP contribution in [0.3, 0.4) is 0 Å². The first kappa shape index (κ1) is 61.4. The molecule has 0 saturated heterocycles. The number of rotatable bonds is 53. The normalized spacial score (nSPS) is 11.9. The molecule has 6 nitrogen and oxygen atoms in total. The van der Waals surface area contributed by atoms with Crippen LogP contribution in [0.1, 0.15) is 329 Å². The third-order valence-corrected chi connectivity index (χ3v) is 13.1. The molecule has 0 aliphatic rings. The number of hydrogen-bond donors (Lipinski definition) is 0. The number of hydrogen-bond acceptors (Lipinski definition) is 6. The van der Waals surface area contributed by atoms with E-state index in [4.69, 9.17) is 14.2 Å². The van der Waals surface area contributed by atoms with Crippen LogP contribution in [-0.4, -0.2) is 37.2 Å². The summed E-state index contributed by atoms with van der Waals surface area (Å²) in [6.07, 6.45) is 58.1. The predicted molar refractivity (Wildman–Crippen MR) is 270 cm³/mol. The Hall–Kier alpha value is -1.59. The molecule has 0 amide bonds. The van der Waals surface area contributed by atoms with Gasteiger partial charge in [0.15, 0.2) is 6.10 Å². The molecular formula is C57H110O6. The first-order chi connectivity index (χ1) is 31.0. The number of carbonyl (C=O) groups is 3. The zero-order valence-corrected chi connectivity index (χ0v) is 42.9. The number of unbranched alkanes of at least 4 members (excludes halogenated alkanes) is 42. The standard InChI is InChI=1S/C57H110O6/c1-4-7-10-13-16-19-22-24-26-27-28-29-30-31-33-35-38-41-44-47-50-56(59)62-53-54(52-61-55(58)49-46-43-40-37-34-21-18-15-12-9-6-3)63-57(60)51-48-45-42-39-36-32-25-23-20-17-14-11-8-5-2/h54H,4-53H2,1-3H3. The molecule has 63 heavy (non-hydrogen) atoms. The van der Waals surface area contributed by atoms with E-state index in [2.05, 4.69) is 20.8 Å². The summed E-state index contributed by atoms with van der Waals surface area (Å²) in [5, 5.41) is 0. The van der Waals surface area contributed by atoms with Crippen LogP contribution in [0.25, 0.3) is 0 Å². The molecule has 0 N–H and O–H groups in total. The molecule has 0 aromatic carbocycles. The average Bonchev–Trinajstić information content (AvgIpc) is 3.28. The second-order valence-electron chi connectivity index (χ2n) is 19.6. The molecule has 1 atom stereocenters. The van der Waals surface area contributed by atoms with Gasteiger partial charge in [-0.25, -0.2) is 0 Å². The summed E-state index contributed by atoms with van der Waals surface area (Å²) >= 11 is 0. The highest BCUT2D eigenvalue weighted by molar-refractivity contribution is 5.71. The molecule has 0 fully saturated rings. The van der Waals surface area contributed by atoms with Gasteiger partial charge in [-0.3, -0.25) is 14.4 Å². The van der Waals surface area contributed by atoms with Gasteiger partial charge >= 0.3 is 17.9 Å². The third kappa shape index (κ3) is 51.3. The van der Waals surface area contributed by atoms with Crippen LogP contribution in [-0.2, 0) is 28.6 Å². The highest BCUT2D eigenvalue weighted by Crippen LogP contribution is 2.18. The van der Waals surface area contributed by atoms with Gasteiger partial charge in [0.2, 0.25) is 0 Å². The van der Waals surface area contributed by atoms with Crippen molar-refractivity contribution in [1.82, 2.24) is 0 Å². The van der Waals surface area contributed by atoms with Gasteiger partial charge in [-0.05, 0) is 19.3 Å². The van der Waals surface area contributed by atoms with Crippen LogP contribution in [0.4, 0.5) is 0 Å². The largest absolute Gasteiger partial charge is 0.462 e. The number of ether oxygens (including phenoxy) is 3. The Balaban J connectivity index is 4.22. The number of esters is 3. The maximum Gasteiger partial charge on any atom is 0.306 e. The first-order valence-electron chi connectivity index (χ1n) is 28.5. The molecule has 374 valence electrons. The van der Waals surface area contributed by atoms with Crippen LogP contribution in [0.5, 0.6) is 0 Å². The highest BCUT2D eigenvalue weighted by atomic mass is 16.6. The Morgan fingerprint density at radius 1 is 0.254 bits per heavy atom. The van der Waals surface area contributed by atoms with Crippen molar-refractivity contribution in [3.63, 3.8) is 0 Å². The van der Waals surface area contributed by atoms with Crippen molar-refractivity contribution in [2.24, 2.45) is 0 Å². The van der Waals surface area contributed by atoms with Crippen molar-refractivity contribution in [2.45, 2.75) is 335 Å². The van der Waals surface area contributed by atoms with Gasteiger partial charge < -0.3 is 14.2 Å². The molecule has 0 aliphatic carbocycles. The summed E-state index contributed by atoms with van der Waals surface area (Å²) in [5.41, 5.74) is 0. The van der Waals surface area contributed by atoms with Gasteiger partial charge in [0.05, 0.1) is 0 Å². The minimum absolute atomic E-state index is 0.0613. The minimum Gasteiger partial charge on any atom is -0.462 e. The monoisotopic (exact) mass is 891 g/mol. The topological polar surface area (TPSA) is 78.9 Å². The van der Waals surface area contributed by atoms with Crippen molar-refractivity contribution in [1.29, 1.82) is 0 Å². The maximum absolute atomic E-state index is 12.8. The molecule has 0 aliphatic heterocycles. The van der Waals surface area contributed by atoms with Crippen LogP contribution in [0.15, 0.2) is 0 Å². The van der Waals surface area contributed by atoms with E-state index in [1.807, 2.05) is 0 Å². The molecule has 1 unspecified atom stereocenters. The summed E-state index contributed by atoms with van der Waals surface area (Å²) in [7, 11) is 0. The fourth-order valence-electron chi connectivity index (χ4n) is 8.80. The fraction of sp³-hybridized carbons (Fsp3) is 0.947. The molecule has 0 aromatic heterocycles. The van der Waals surface area contributed by atoms with Crippen LogP contribution >= 0.6 is 0 Å². The van der Waals surface area contributed by atoms with Crippen LogP contribution < -0.4 is 0 Å². The maximum atomic E-state index is 12.8. The van der Waals surface area contributed by atoms with E-state index in [9.17, 15) is 14.4 Å². The van der Waals surface area contributed by atoms with Gasteiger partial charge in [-0.15, -0.1) is 0 Å². The van der Waals surface area contributed by atoms with Crippen molar-refractivity contribution < 1.29 is 28.6 Å². The zero-order valence-electron chi connectivity index (χ0n) is 42.9. The third-order valence-electron chi connectivity index (χ3n) is 13.1. The molecule has 0 saturated carbocycles. The first-order valence-corrected chi connectivity index (χ1v) is 28.5. The fourth-order valence-corrected chi connectivity index (χ4v) is 8.80. The molecule has 6 heteroatoms. The van der Waals surface area contributed by atoms with Crippen molar-refractivity contribution in [3.8, 4) is 0 Å². The van der Waals surface area contributed by atoms with Gasteiger partial charge in [0.1, 0.15) is 13.2 Å². The minimum atomic E-state index is -0.760. The van der Waals surface area contributed by atoms with Crippen LogP contribution in [0, 0.1) is 0 Å². The lowest BCUT2D eigenvalue weighted by Gasteiger charge is -2.18. The lowest BCUT2D eigenvalue weighted by atomic mass is 10.0. The molecule has 0 aromatic rings. The molecule has 0 bridgehead atoms. The van der Waals surface area contributed by atoms with Crippen molar-refractivity contribution in [3.05, 3.63) is 0 Å². The van der Waals surface area contributed by atoms with Gasteiger partial charge in [-0.1, -0.05) is 290 Å². The predicted octanol–water partition coefficient (Wildman–Crippen LogP) is 18.8. The Morgan fingerprint density at radius 2 is 0.429 bits per heavy atom. The summed E-state index contributed by atoms with van der Waals surface area (Å²) in [6.45, 7) is 6.69. The van der Waals surface area contributed by atoms with Crippen LogP contribution in [0.2, 0.25) is 0 Å². The Kier molecular flexibility index (Phi) is 51.7. The summed E-state index contributed by atoms with van der Waals surface area (Å²) < 4.78 is 16.9. The summed E-state index contributed by atoms with van der Waals surface area (Å²) in [5.74, 6) is -0.835. The number of carbonyl (C=O) groups excluding carboxylic acids is 3. The van der Waals surface area contributed by atoms with E-state index >= 15 is 0 Å². The summed E-state index contributed by atoms with van der Waals surface area (Å²) in [4.78, 5) is 38.0. The van der Waals surface area contributed by atoms with E-state index < -0.39 is 6.10 Å². The van der Waals surface area contributed by atoms with E-state index in [1.165, 1.54) is 231 Å². The second-order valence-corrected chi connectivity index (χ2v) is 19.6. The van der Waals surface area contributed by atoms with E-state index in [0.717, 1.165) is 57.8 Å². The lowest BCUT2D eigenvalue weighted by Crippen LogP contribution is -2.30. The zero-order chi connectivity index (χ0) is 45.8. The lowest BCUT2D eigenvalue weighted by molar-refractivity contribution is -0.167. The molecule has 0 radical (unpaired) electrons. The highest BCUT2D eigenvalue weighted by Gasteiger charge is 2.19. The molecule has 0 heterocycles. The van der Waals surface area contributed by atoms with E-state index in [0.29, 0.717) is 19.3 Å². The Bertz CT molecular complexity index is 936. The SMILES string of the molecule is CCCCCCCCCCCCCCCCCCCCCCC(=O)OCC(COC(=O)CCCCCCCCCCCCC)OC(=O)CCCCCCCCCCCCCCCC. The average molecular weight is 892 g/mol. The Labute approximate surface area is 393 Å². The Morgan fingerprint density at radius 3 is 0.635 bits per heavy atom. The van der Waals surface area contributed by atoms with Crippen molar-refractivity contribution in [2.75, 3.05) is 13.2 Å². The molecular weight excluding hydrogens is 781 g/mol. The smallest absolute Gasteiger partial charge is 0.306 e. The second kappa shape index (κ2) is 53.0. The quantitative estimate of drug-likeness (QED) is 0.0344. The van der Waals surface area contributed by atoms with Crippen molar-refractivity contribution >= 4 is 17.9 Å². The van der Waals surface area contributed by atoms with Gasteiger partial charge in [-0.2, -0.15) is 0 Å². The van der Waals surface area contributed by atoms with Gasteiger partial charge in [0.25, 0.3) is 0 Å². The molecule has 0 spiro atoms. The van der Waals surface area contributed by atoms with E-state index in [-0.39, 0.29) is 31.1 Å². The van der Waals surface area contributed by atoms with Gasteiger partial charge in [0, 0.05) is 19.3 Å². The summed E-state index contributed by atoms with van der Waals surface area (Å²) in [6, 6.07) is 0. The molecule has 0 rings (SSSR count). The van der Waals surface area contributed by atoms with E-state index in [1.54, 1.807) is 0 Å².